The first-order valence-corrected chi connectivity index (χ1v) is 6.85. The minimum absolute atomic E-state index is 0.264. The Labute approximate surface area is 123 Å². The monoisotopic (exact) mass is 293 g/mol. The highest BCUT2D eigenvalue weighted by molar-refractivity contribution is 6.17. The molecule has 0 atom stereocenters. The van der Waals surface area contributed by atoms with Gasteiger partial charge in [0.05, 0.1) is 7.11 Å². The number of rotatable bonds is 5. The van der Waals surface area contributed by atoms with Crippen molar-refractivity contribution in [1.82, 2.24) is 0 Å². The Morgan fingerprint density at radius 1 is 1.10 bits per heavy atom. The van der Waals surface area contributed by atoms with Crippen molar-refractivity contribution in [2.24, 2.45) is 0 Å². The summed E-state index contributed by atoms with van der Waals surface area (Å²) in [5.74, 6) is 0.868. The number of methoxy groups -OCH3 is 1. The molecule has 0 heterocycles. The summed E-state index contributed by atoms with van der Waals surface area (Å²) in [6.07, 6.45) is 0. The highest BCUT2D eigenvalue weighted by Gasteiger charge is 2.06. The molecule has 4 heteroatoms. The number of halogens is 2. The maximum absolute atomic E-state index is 13.5. The summed E-state index contributed by atoms with van der Waals surface area (Å²) in [5, 5.41) is 0. The van der Waals surface area contributed by atoms with Gasteiger partial charge in [-0.2, -0.15) is 0 Å². The minimum Gasteiger partial charge on any atom is -0.497 e. The van der Waals surface area contributed by atoms with E-state index in [1.54, 1.807) is 7.11 Å². The van der Waals surface area contributed by atoms with Crippen molar-refractivity contribution in [2.45, 2.75) is 12.4 Å². The number of ether oxygens (including phenoxy) is 1. The third-order valence-electron chi connectivity index (χ3n) is 3.12. The third kappa shape index (κ3) is 3.64. The minimum atomic E-state index is -0.264. The topological polar surface area (TPSA) is 12.5 Å². The Bertz CT molecular complexity index is 571. The summed E-state index contributed by atoms with van der Waals surface area (Å²) >= 11 is 5.77. The molecule has 2 aromatic rings. The number of hydrogen-bond acceptors (Lipinski definition) is 2. The Kier molecular flexibility index (Phi) is 4.85. The average Bonchev–Trinajstić information content (AvgIpc) is 2.47. The second kappa shape index (κ2) is 6.62. The molecule has 0 amide bonds. The van der Waals surface area contributed by atoms with E-state index in [0.29, 0.717) is 12.4 Å². The standard InChI is InChI=1S/C16H17ClFNO/c1-19(11-12-3-5-16(20-2)6-4-12)15-8-13(10-17)7-14(18)9-15/h3-9H,10-11H2,1-2H3. The average molecular weight is 294 g/mol. The lowest BCUT2D eigenvalue weighted by Gasteiger charge is -2.20. The van der Waals surface area contributed by atoms with Gasteiger partial charge >= 0.3 is 0 Å². The molecular formula is C16H17ClFNO. The molecule has 20 heavy (non-hydrogen) atoms. The first-order valence-electron chi connectivity index (χ1n) is 6.32. The van der Waals surface area contributed by atoms with Gasteiger partial charge in [-0.3, -0.25) is 0 Å². The van der Waals surface area contributed by atoms with Crippen LogP contribution < -0.4 is 9.64 Å². The summed E-state index contributed by atoms with van der Waals surface area (Å²) in [7, 11) is 3.57. The largest absolute Gasteiger partial charge is 0.497 e. The lowest BCUT2D eigenvalue weighted by Crippen LogP contribution is -2.16. The van der Waals surface area contributed by atoms with Crippen molar-refractivity contribution < 1.29 is 9.13 Å². The summed E-state index contributed by atoms with van der Waals surface area (Å²) in [4.78, 5) is 1.99. The molecule has 0 saturated heterocycles. The van der Waals surface area contributed by atoms with E-state index in [-0.39, 0.29) is 5.82 Å². The van der Waals surface area contributed by atoms with Crippen LogP contribution >= 0.6 is 11.6 Å². The van der Waals surface area contributed by atoms with Crippen LogP contribution in [0.4, 0.5) is 10.1 Å². The highest BCUT2D eigenvalue weighted by Crippen LogP contribution is 2.21. The van der Waals surface area contributed by atoms with Crippen molar-refractivity contribution >= 4 is 17.3 Å². The van der Waals surface area contributed by atoms with Gasteiger partial charge in [0.25, 0.3) is 0 Å². The molecule has 106 valence electrons. The van der Waals surface area contributed by atoms with Crippen molar-refractivity contribution in [3.63, 3.8) is 0 Å². The number of benzene rings is 2. The van der Waals surface area contributed by atoms with Gasteiger partial charge in [0.15, 0.2) is 0 Å². The van der Waals surface area contributed by atoms with Gasteiger partial charge in [0.1, 0.15) is 11.6 Å². The Morgan fingerprint density at radius 2 is 1.80 bits per heavy atom. The van der Waals surface area contributed by atoms with E-state index in [0.717, 1.165) is 22.6 Å². The van der Waals surface area contributed by atoms with Gasteiger partial charge in [-0.1, -0.05) is 12.1 Å². The van der Waals surface area contributed by atoms with Crippen LogP contribution in [-0.2, 0) is 12.4 Å². The van der Waals surface area contributed by atoms with Crippen LogP contribution in [0, 0.1) is 5.82 Å². The van der Waals surface area contributed by atoms with E-state index in [9.17, 15) is 4.39 Å². The van der Waals surface area contributed by atoms with E-state index < -0.39 is 0 Å². The van der Waals surface area contributed by atoms with Crippen molar-refractivity contribution in [1.29, 1.82) is 0 Å². The first-order chi connectivity index (χ1) is 9.62. The van der Waals surface area contributed by atoms with Gasteiger partial charge < -0.3 is 9.64 Å². The van der Waals surface area contributed by atoms with Crippen molar-refractivity contribution in [3.05, 3.63) is 59.4 Å². The number of anilines is 1. The molecule has 0 aromatic heterocycles. The van der Waals surface area contributed by atoms with Crippen LogP contribution in [0.3, 0.4) is 0 Å². The second-order valence-corrected chi connectivity index (χ2v) is 4.92. The van der Waals surface area contributed by atoms with Crippen LogP contribution in [0.25, 0.3) is 0 Å². The molecular weight excluding hydrogens is 277 g/mol. The fraction of sp³-hybridized carbons (Fsp3) is 0.250. The summed E-state index contributed by atoms with van der Waals surface area (Å²) < 4.78 is 18.6. The molecule has 0 aliphatic carbocycles. The second-order valence-electron chi connectivity index (χ2n) is 4.66. The zero-order chi connectivity index (χ0) is 14.5. The smallest absolute Gasteiger partial charge is 0.125 e. The fourth-order valence-corrected chi connectivity index (χ4v) is 2.18. The van der Waals surface area contributed by atoms with Crippen LogP contribution in [0.2, 0.25) is 0 Å². The zero-order valence-corrected chi connectivity index (χ0v) is 12.3. The molecule has 0 aliphatic rings. The fourth-order valence-electron chi connectivity index (χ4n) is 2.03. The van der Waals surface area contributed by atoms with Crippen molar-refractivity contribution in [3.8, 4) is 5.75 Å². The molecule has 2 nitrogen and oxygen atoms in total. The Morgan fingerprint density at radius 3 is 2.40 bits per heavy atom. The Balaban J connectivity index is 2.14. The van der Waals surface area contributed by atoms with E-state index in [1.807, 2.05) is 42.3 Å². The molecule has 0 N–H and O–H groups in total. The third-order valence-corrected chi connectivity index (χ3v) is 3.42. The molecule has 2 aromatic carbocycles. The number of nitrogens with zero attached hydrogens (tertiary/aromatic N) is 1. The van der Waals surface area contributed by atoms with E-state index in [2.05, 4.69) is 0 Å². The van der Waals surface area contributed by atoms with Gasteiger partial charge in [0.2, 0.25) is 0 Å². The summed E-state index contributed by atoms with van der Waals surface area (Å²) in [6, 6.07) is 12.7. The molecule has 0 radical (unpaired) electrons. The molecule has 0 aliphatic heterocycles. The molecule has 0 saturated carbocycles. The SMILES string of the molecule is COc1ccc(CN(C)c2cc(F)cc(CCl)c2)cc1. The lowest BCUT2D eigenvalue weighted by molar-refractivity contribution is 0.414. The summed E-state index contributed by atoms with van der Waals surface area (Å²) in [5.41, 5.74) is 2.73. The normalized spacial score (nSPS) is 10.4. The summed E-state index contributed by atoms with van der Waals surface area (Å²) in [6.45, 7) is 0.690. The van der Waals surface area contributed by atoms with E-state index in [4.69, 9.17) is 16.3 Å². The van der Waals surface area contributed by atoms with E-state index in [1.165, 1.54) is 12.1 Å². The number of hydrogen-bond donors (Lipinski definition) is 0. The van der Waals surface area contributed by atoms with Gasteiger partial charge in [0, 0.05) is 25.2 Å². The first kappa shape index (κ1) is 14.7. The molecule has 0 bridgehead atoms. The predicted molar refractivity (Wildman–Crippen MR) is 81.1 cm³/mol. The lowest BCUT2D eigenvalue weighted by atomic mass is 10.1. The van der Waals surface area contributed by atoms with Crippen LogP contribution in [0.15, 0.2) is 42.5 Å². The van der Waals surface area contributed by atoms with Crippen molar-refractivity contribution in [2.75, 3.05) is 19.1 Å². The van der Waals surface area contributed by atoms with E-state index >= 15 is 0 Å². The molecule has 0 fully saturated rings. The molecule has 0 spiro atoms. The zero-order valence-electron chi connectivity index (χ0n) is 11.6. The molecule has 2 rings (SSSR count). The van der Waals surface area contributed by atoms with Gasteiger partial charge in [-0.15, -0.1) is 11.6 Å². The maximum Gasteiger partial charge on any atom is 0.125 e. The predicted octanol–water partition coefficient (Wildman–Crippen LogP) is 4.21. The van der Waals surface area contributed by atoms with Gasteiger partial charge in [-0.25, -0.2) is 4.39 Å². The quantitative estimate of drug-likeness (QED) is 0.766. The van der Waals surface area contributed by atoms with Gasteiger partial charge in [-0.05, 0) is 41.5 Å². The van der Waals surface area contributed by atoms with Crippen LogP contribution in [-0.4, -0.2) is 14.2 Å². The number of alkyl halides is 1. The molecule has 0 unspecified atom stereocenters. The maximum atomic E-state index is 13.5. The Hall–Kier alpha value is -1.74. The van der Waals surface area contributed by atoms with Crippen LogP contribution in [0.5, 0.6) is 5.75 Å². The highest BCUT2D eigenvalue weighted by atomic mass is 35.5. The van der Waals surface area contributed by atoms with Crippen LogP contribution in [0.1, 0.15) is 11.1 Å².